The van der Waals surface area contributed by atoms with Crippen LogP contribution < -0.4 is 10.1 Å². The number of carboxylic acid groups (broad SMARTS) is 1. The van der Waals surface area contributed by atoms with Crippen LogP contribution in [0.5, 0.6) is 5.75 Å². The van der Waals surface area contributed by atoms with Gasteiger partial charge in [0.2, 0.25) is 0 Å². The molecule has 0 spiro atoms. The molecule has 0 saturated heterocycles. The Balaban J connectivity index is 2.15. The number of carbonyl (C=O) groups is 2. The van der Waals surface area contributed by atoms with Crippen LogP contribution in [0.1, 0.15) is 42.2 Å². The molecule has 24 heavy (non-hydrogen) atoms. The van der Waals surface area contributed by atoms with Crippen molar-refractivity contribution in [3.63, 3.8) is 0 Å². The Bertz CT molecular complexity index is 680. The molecule has 5 nitrogen and oxygen atoms in total. The van der Waals surface area contributed by atoms with Gasteiger partial charge in [-0.3, -0.25) is 9.59 Å². The Hall–Kier alpha value is -2.82. The van der Waals surface area contributed by atoms with Crippen LogP contribution in [0.2, 0.25) is 0 Å². The first-order valence-electron chi connectivity index (χ1n) is 7.80. The minimum absolute atomic E-state index is 0.0587. The second kappa shape index (κ2) is 8.15. The van der Waals surface area contributed by atoms with Gasteiger partial charge in [-0.15, -0.1) is 0 Å². The van der Waals surface area contributed by atoms with E-state index in [0.717, 1.165) is 5.56 Å². The molecule has 0 radical (unpaired) electrons. The van der Waals surface area contributed by atoms with Gasteiger partial charge in [-0.1, -0.05) is 30.3 Å². The lowest BCUT2D eigenvalue weighted by Crippen LogP contribution is -2.30. The van der Waals surface area contributed by atoms with Crippen molar-refractivity contribution in [1.82, 2.24) is 5.32 Å². The zero-order valence-electron chi connectivity index (χ0n) is 13.7. The molecule has 0 bridgehead atoms. The summed E-state index contributed by atoms with van der Waals surface area (Å²) in [5.41, 5.74) is 1.21. The second-order valence-electron chi connectivity index (χ2n) is 5.73. The predicted molar refractivity (Wildman–Crippen MR) is 91.1 cm³/mol. The van der Waals surface area contributed by atoms with Gasteiger partial charge in [0, 0.05) is 5.56 Å². The van der Waals surface area contributed by atoms with Crippen LogP contribution in [-0.4, -0.2) is 23.1 Å². The number of rotatable bonds is 7. The Morgan fingerprint density at radius 1 is 1.04 bits per heavy atom. The molecule has 1 atom stereocenters. The van der Waals surface area contributed by atoms with Crippen molar-refractivity contribution >= 4 is 11.9 Å². The first kappa shape index (κ1) is 17.5. The van der Waals surface area contributed by atoms with Crippen LogP contribution in [0.25, 0.3) is 0 Å². The highest BCUT2D eigenvalue weighted by Gasteiger charge is 2.19. The molecule has 5 heteroatoms. The summed E-state index contributed by atoms with van der Waals surface area (Å²) in [7, 11) is 0. The zero-order chi connectivity index (χ0) is 17.5. The van der Waals surface area contributed by atoms with Gasteiger partial charge in [0.25, 0.3) is 5.91 Å². The lowest BCUT2D eigenvalue weighted by atomic mass is 10.0. The summed E-state index contributed by atoms with van der Waals surface area (Å²) in [5.74, 6) is -0.572. The molecule has 2 N–H and O–H groups in total. The molecule has 0 heterocycles. The number of nitrogens with one attached hydrogen (secondary N) is 1. The van der Waals surface area contributed by atoms with E-state index >= 15 is 0 Å². The number of ether oxygens (including phenoxy) is 1. The van der Waals surface area contributed by atoms with E-state index in [1.54, 1.807) is 48.5 Å². The van der Waals surface area contributed by atoms with Crippen LogP contribution in [0.4, 0.5) is 0 Å². The van der Waals surface area contributed by atoms with E-state index in [1.807, 2.05) is 19.9 Å². The van der Waals surface area contributed by atoms with Crippen molar-refractivity contribution in [3.8, 4) is 5.75 Å². The molecule has 0 aliphatic rings. The van der Waals surface area contributed by atoms with Crippen molar-refractivity contribution < 1.29 is 19.4 Å². The van der Waals surface area contributed by atoms with Gasteiger partial charge in [0.15, 0.2) is 0 Å². The van der Waals surface area contributed by atoms with Crippen molar-refractivity contribution in [2.75, 3.05) is 0 Å². The molecular formula is C19H21NO4. The highest BCUT2D eigenvalue weighted by atomic mass is 16.5. The van der Waals surface area contributed by atoms with E-state index in [9.17, 15) is 9.59 Å². The fourth-order valence-electron chi connectivity index (χ4n) is 2.31. The highest BCUT2D eigenvalue weighted by molar-refractivity contribution is 5.94. The Morgan fingerprint density at radius 3 is 2.21 bits per heavy atom. The summed E-state index contributed by atoms with van der Waals surface area (Å²) < 4.78 is 5.58. The van der Waals surface area contributed by atoms with E-state index in [2.05, 4.69) is 5.32 Å². The zero-order valence-corrected chi connectivity index (χ0v) is 13.7. The minimum Gasteiger partial charge on any atom is -0.491 e. The minimum atomic E-state index is -0.976. The fourth-order valence-corrected chi connectivity index (χ4v) is 2.31. The molecule has 1 amide bonds. The average molecular weight is 327 g/mol. The number of carbonyl (C=O) groups excluding carboxylic acids is 1. The average Bonchev–Trinajstić information content (AvgIpc) is 2.55. The molecule has 126 valence electrons. The topological polar surface area (TPSA) is 75.6 Å². The third-order valence-corrected chi connectivity index (χ3v) is 3.37. The van der Waals surface area contributed by atoms with Crippen LogP contribution in [0, 0.1) is 0 Å². The van der Waals surface area contributed by atoms with Gasteiger partial charge >= 0.3 is 5.97 Å². The van der Waals surface area contributed by atoms with Gasteiger partial charge in [-0.2, -0.15) is 0 Å². The van der Waals surface area contributed by atoms with Gasteiger partial charge in [0.1, 0.15) is 5.75 Å². The number of benzene rings is 2. The van der Waals surface area contributed by atoms with E-state index in [4.69, 9.17) is 9.84 Å². The molecule has 0 aliphatic carbocycles. The van der Waals surface area contributed by atoms with E-state index < -0.39 is 12.0 Å². The normalized spacial score (nSPS) is 11.8. The summed E-state index contributed by atoms with van der Waals surface area (Å²) in [6.45, 7) is 3.86. The first-order valence-corrected chi connectivity index (χ1v) is 7.80. The molecule has 2 aromatic carbocycles. The molecule has 0 fully saturated rings. The number of aliphatic carboxylic acids is 1. The summed E-state index contributed by atoms with van der Waals surface area (Å²) in [6, 6.07) is 15.2. The quantitative estimate of drug-likeness (QED) is 0.817. The SMILES string of the molecule is CC(C)Oc1ccc(C(CC(=O)O)NC(=O)c2ccccc2)cc1. The molecule has 2 aromatic rings. The fraction of sp³-hybridized carbons (Fsp3) is 0.263. The standard InChI is InChI=1S/C19H21NO4/c1-13(2)24-16-10-8-14(9-11-16)17(12-18(21)22)20-19(23)15-6-4-3-5-7-15/h3-11,13,17H,12H2,1-2H3,(H,20,23)(H,21,22). The largest absolute Gasteiger partial charge is 0.491 e. The number of carboxylic acids is 1. The van der Waals surface area contributed by atoms with Crippen molar-refractivity contribution in [2.45, 2.75) is 32.4 Å². The molecular weight excluding hydrogens is 306 g/mol. The molecule has 0 aromatic heterocycles. The third kappa shape index (κ3) is 5.12. The summed E-state index contributed by atoms with van der Waals surface area (Å²) in [4.78, 5) is 23.4. The number of hydrogen-bond donors (Lipinski definition) is 2. The molecule has 1 unspecified atom stereocenters. The molecule has 0 aliphatic heterocycles. The second-order valence-corrected chi connectivity index (χ2v) is 5.73. The molecule has 2 rings (SSSR count). The monoisotopic (exact) mass is 327 g/mol. The van der Waals surface area contributed by atoms with Crippen molar-refractivity contribution in [1.29, 1.82) is 0 Å². The number of amides is 1. The Kier molecular flexibility index (Phi) is 5.95. The summed E-state index contributed by atoms with van der Waals surface area (Å²) >= 11 is 0. The smallest absolute Gasteiger partial charge is 0.305 e. The predicted octanol–water partition coefficient (Wildman–Crippen LogP) is 3.42. The Labute approximate surface area is 141 Å². The van der Waals surface area contributed by atoms with Crippen molar-refractivity contribution in [2.24, 2.45) is 0 Å². The third-order valence-electron chi connectivity index (χ3n) is 3.37. The van der Waals surface area contributed by atoms with Crippen LogP contribution in [-0.2, 0) is 4.79 Å². The van der Waals surface area contributed by atoms with Gasteiger partial charge < -0.3 is 15.2 Å². The van der Waals surface area contributed by atoms with Gasteiger partial charge in [-0.05, 0) is 43.7 Å². The van der Waals surface area contributed by atoms with Crippen LogP contribution in [0.15, 0.2) is 54.6 Å². The van der Waals surface area contributed by atoms with Crippen molar-refractivity contribution in [3.05, 3.63) is 65.7 Å². The molecule has 0 saturated carbocycles. The van der Waals surface area contributed by atoms with Crippen LogP contribution >= 0.6 is 0 Å². The van der Waals surface area contributed by atoms with E-state index in [-0.39, 0.29) is 18.4 Å². The summed E-state index contributed by atoms with van der Waals surface area (Å²) in [5, 5.41) is 11.9. The van der Waals surface area contributed by atoms with Gasteiger partial charge in [-0.25, -0.2) is 0 Å². The lowest BCUT2D eigenvalue weighted by molar-refractivity contribution is -0.137. The Morgan fingerprint density at radius 2 is 1.67 bits per heavy atom. The maximum Gasteiger partial charge on any atom is 0.305 e. The maximum absolute atomic E-state index is 12.3. The highest BCUT2D eigenvalue weighted by Crippen LogP contribution is 2.21. The first-order chi connectivity index (χ1) is 11.5. The van der Waals surface area contributed by atoms with Crippen LogP contribution in [0.3, 0.4) is 0 Å². The van der Waals surface area contributed by atoms with Gasteiger partial charge in [0.05, 0.1) is 18.6 Å². The van der Waals surface area contributed by atoms with E-state index in [1.165, 1.54) is 0 Å². The maximum atomic E-state index is 12.3. The van der Waals surface area contributed by atoms with E-state index in [0.29, 0.717) is 11.3 Å². The summed E-state index contributed by atoms with van der Waals surface area (Å²) in [6.07, 6.45) is -0.133. The number of hydrogen-bond acceptors (Lipinski definition) is 3. The lowest BCUT2D eigenvalue weighted by Gasteiger charge is -2.18.